The second-order valence-electron chi connectivity index (χ2n) is 8.30. The Bertz CT molecular complexity index is 1530. The van der Waals surface area contributed by atoms with Crippen molar-refractivity contribution in [1.29, 1.82) is 0 Å². The molecule has 0 aliphatic heterocycles. The van der Waals surface area contributed by atoms with E-state index in [-0.39, 0.29) is 0 Å². The number of aromatic nitrogens is 3. The quantitative estimate of drug-likeness (QED) is 0.358. The van der Waals surface area contributed by atoms with Crippen LogP contribution in [0.2, 0.25) is 0 Å². The minimum absolute atomic E-state index is 0.675. The van der Waals surface area contributed by atoms with Crippen molar-refractivity contribution < 1.29 is 0 Å². The summed E-state index contributed by atoms with van der Waals surface area (Å²) in [6, 6.07) is 37.7. The average Bonchev–Trinajstić information content (AvgIpc) is 2.88. The number of hydrogen-bond donors (Lipinski definition) is 0. The van der Waals surface area contributed by atoms with Crippen LogP contribution in [0.3, 0.4) is 0 Å². The van der Waals surface area contributed by atoms with Gasteiger partial charge in [0.25, 0.3) is 0 Å². The highest BCUT2D eigenvalue weighted by Crippen LogP contribution is 2.28. The van der Waals surface area contributed by atoms with Crippen LogP contribution in [-0.4, -0.2) is 22.8 Å². The van der Waals surface area contributed by atoms with E-state index in [2.05, 4.69) is 117 Å². The van der Waals surface area contributed by atoms with E-state index in [1.165, 1.54) is 27.0 Å². The van der Waals surface area contributed by atoms with Crippen LogP contribution in [0, 0.1) is 0 Å². The molecule has 33 heavy (non-hydrogen) atoms. The molecule has 0 unspecified atom stereocenters. The van der Waals surface area contributed by atoms with E-state index in [4.69, 9.17) is 15.0 Å². The van der Waals surface area contributed by atoms with Crippen LogP contribution in [0.5, 0.6) is 0 Å². The Morgan fingerprint density at radius 2 is 0.788 bits per heavy atom. The van der Waals surface area contributed by atoms with Crippen molar-refractivity contribution in [3.05, 3.63) is 109 Å². The zero-order valence-electron chi connectivity index (χ0n) is 18.2. The smallest absolute Gasteiger partial charge is 0.164 e. The SMILES string of the molecule is Bc1ccc(-c2nc(-c3ccc4ccccc4c3)nc(-c3ccc4ccccc4c3)n2)cc1. The molecule has 0 aliphatic carbocycles. The Balaban J connectivity index is 1.56. The Labute approximate surface area is 193 Å². The van der Waals surface area contributed by atoms with Crippen LogP contribution in [0.15, 0.2) is 109 Å². The van der Waals surface area contributed by atoms with E-state index in [1.54, 1.807) is 0 Å². The van der Waals surface area contributed by atoms with Gasteiger partial charge in [0.05, 0.1) is 0 Å². The second kappa shape index (κ2) is 7.99. The summed E-state index contributed by atoms with van der Waals surface area (Å²) in [5, 5.41) is 4.73. The fourth-order valence-electron chi connectivity index (χ4n) is 4.12. The highest BCUT2D eigenvalue weighted by atomic mass is 15.0. The molecule has 0 N–H and O–H groups in total. The minimum Gasteiger partial charge on any atom is -0.208 e. The van der Waals surface area contributed by atoms with Crippen LogP contribution >= 0.6 is 0 Å². The van der Waals surface area contributed by atoms with E-state index in [1.807, 2.05) is 0 Å². The van der Waals surface area contributed by atoms with Crippen molar-refractivity contribution in [2.75, 3.05) is 0 Å². The topological polar surface area (TPSA) is 38.7 Å². The second-order valence-corrected chi connectivity index (χ2v) is 8.30. The van der Waals surface area contributed by atoms with E-state index in [9.17, 15) is 0 Å². The Morgan fingerprint density at radius 3 is 1.27 bits per heavy atom. The fourth-order valence-corrected chi connectivity index (χ4v) is 4.12. The lowest BCUT2D eigenvalue weighted by Crippen LogP contribution is -2.03. The summed E-state index contributed by atoms with van der Waals surface area (Å²) < 4.78 is 0. The van der Waals surface area contributed by atoms with E-state index < -0.39 is 0 Å². The molecule has 0 aliphatic rings. The molecule has 0 spiro atoms. The molecule has 0 atom stereocenters. The van der Waals surface area contributed by atoms with Gasteiger partial charge >= 0.3 is 0 Å². The Morgan fingerprint density at radius 1 is 0.394 bits per heavy atom. The molecule has 6 aromatic rings. The van der Waals surface area contributed by atoms with Gasteiger partial charge in [0.1, 0.15) is 7.85 Å². The molecule has 0 radical (unpaired) electrons. The lowest BCUT2D eigenvalue weighted by atomic mass is 9.95. The first kappa shape index (κ1) is 19.4. The summed E-state index contributed by atoms with van der Waals surface area (Å²) in [5.74, 6) is 2.03. The fraction of sp³-hybridized carbons (Fsp3) is 0. The molecule has 5 aromatic carbocycles. The van der Waals surface area contributed by atoms with Gasteiger partial charge in [-0.05, 0) is 33.7 Å². The maximum absolute atomic E-state index is 4.91. The van der Waals surface area contributed by atoms with Crippen molar-refractivity contribution >= 4 is 34.9 Å². The first-order valence-corrected chi connectivity index (χ1v) is 11.0. The summed E-state index contributed by atoms with van der Waals surface area (Å²) in [5.41, 5.74) is 4.14. The molecule has 0 saturated heterocycles. The predicted molar refractivity (Wildman–Crippen MR) is 139 cm³/mol. The van der Waals surface area contributed by atoms with Crippen molar-refractivity contribution in [3.8, 4) is 34.2 Å². The molecule has 1 aromatic heterocycles. The first-order valence-electron chi connectivity index (χ1n) is 11.0. The van der Waals surface area contributed by atoms with Crippen LogP contribution in [0.25, 0.3) is 55.7 Å². The van der Waals surface area contributed by atoms with Crippen molar-refractivity contribution in [2.45, 2.75) is 0 Å². The predicted octanol–water partition coefficient (Wildman–Crippen LogP) is 5.44. The van der Waals surface area contributed by atoms with Gasteiger partial charge in [-0.25, -0.2) is 15.0 Å². The molecule has 6 rings (SSSR count). The molecule has 0 saturated carbocycles. The summed E-state index contributed by atoms with van der Waals surface area (Å²) in [6.07, 6.45) is 0. The summed E-state index contributed by atoms with van der Waals surface area (Å²) in [6.45, 7) is 0. The van der Waals surface area contributed by atoms with Gasteiger partial charge < -0.3 is 0 Å². The highest BCUT2D eigenvalue weighted by molar-refractivity contribution is 6.32. The van der Waals surface area contributed by atoms with Gasteiger partial charge in [-0.3, -0.25) is 0 Å². The zero-order valence-corrected chi connectivity index (χ0v) is 18.2. The molecule has 0 amide bonds. The lowest BCUT2D eigenvalue weighted by Gasteiger charge is -2.10. The van der Waals surface area contributed by atoms with Crippen LogP contribution in [0.1, 0.15) is 0 Å². The molecule has 4 heteroatoms. The molecule has 1 heterocycles. The third kappa shape index (κ3) is 3.76. The maximum Gasteiger partial charge on any atom is 0.164 e. The molecular formula is C29H20BN3. The molecule has 0 fully saturated rings. The van der Waals surface area contributed by atoms with Crippen LogP contribution in [0.4, 0.5) is 0 Å². The van der Waals surface area contributed by atoms with Crippen LogP contribution < -0.4 is 5.46 Å². The van der Waals surface area contributed by atoms with Gasteiger partial charge in [-0.2, -0.15) is 0 Å². The molecule has 3 nitrogen and oxygen atoms in total. The number of hydrogen-bond acceptors (Lipinski definition) is 3. The lowest BCUT2D eigenvalue weighted by molar-refractivity contribution is 1.08. The monoisotopic (exact) mass is 421 g/mol. The first-order chi connectivity index (χ1) is 16.2. The standard InChI is InChI=1S/C29H20BN3/c30-26-15-13-21(14-16-26)27-31-28(24-11-9-19-5-1-3-7-22(19)17-24)33-29(32-27)25-12-10-20-6-2-4-8-23(20)18-25/h1-18H,30H2. The molecular weight excluding hydrogens is 401 g/mol. The third-order valence-electron chi connectivity index (χ3n) is 5.96. The van der Waals surface area contributed by atoms with E-state index >= 15 is 0 Å². The van der Waals surface area contributed by atoms with Crippen molar-refractivity contribution in [1.82, 2.24) is 15.0 Å². The highest BCUT2D eigenvalue weighted by Gasteiger charge is 2.13. The summed E-state index contributed by atoms with van der Waals surface area (Å²) in [4.78, 5) is 14.7. The normalized spacial score (nSPS) is 11.2. The summed E-state index contributed by atoms with van der Waals surface area (Å²) in [7, 11) is 2.08. The Kier molecular flexibility index (Phi) is 4.69. The largest absolute Gasteiger partial charge is 0.208 e. The van der Waals surface area contributed by atoms with Gasteiger partial charge in [-0.1, -0.05) is 103 Å². The number of nitrogens with zero attached hydrogens (tertiary/aromatic N) is 3. The van der Waals surface area contributed by atoms with Crippen LogP contribution in [-0.2, 0) is 0 Å². The maximum atomic E-state index is 4.91. The molecule has 0 bridgehead atoms. The van der Waals surface area contributed by atoms with Gasteiger partial charge in [-0.15, -0.1) is 0 Å². The van der Waals surface area contributed by atoms with E-state index in [0.29, 0.717) is 17.5 Å². The van der Waals surface area contributed by atoms with Gasteiger partial charge in [0.2, 0.25) is 0 Å². The zero-order chi connectivity index (χ0) is 22.2. The third-order valence-corrected chi connectivity index (χ3v) is 5.96. The van der Waals surface area contributed by atoms with Crippen molar-refractivity contribution in [2.24, 2.45) is 0 Å². The average molecular weight is 421 g/mol. The molecule has 154 valence electrons. The number of benzene rings is 5. The Hall–Kier alpha value is -4.31. The summed E-state index contributed by atoms with van der Waals surface area (Å²) >= 11 is 0. The van der Waals surface area contributed by atoms with E-state index in [0.717, 1.165) is 16.7 Å². The number of fused-ring (bicyclic) bond motifs is 2. The van der Waals surface area contributed by atoms with Crippen molar-refractivity contribution in [3.63, 3.8) is 0 Å². The van der Waals surface area contributed by atoms with Gasteiger partial charge in [0.15, 0.2) is 17.5 Å². The number of rotatable bonds is 3. The minimum atomic E-state index is 0.675. The van der Waals surface area contributed by atoms with Gasteiger partial charge in [0, 0.05) is 16.7 Å².